The normalized spacial score (nSPS) is 9.56. The number of hydrogen-bond donors (Lipinski definition) is 2. The molecule has 0 aliphatic rings. The molecule has 1 heterocycles. The van der Waals surface area contributed by atoms with E-state index in [1.54, 1.807) is 36.4 Å². The summed E-state index contributed by atoms with van der Waals surface area (Å²) in [4.78, 5) is 27.1. The van der Waals surface area contributed by atoms with Gasteiger partial charge in [0.1, 0.15) is 5.69 Å². The zero-order chi connectivity index (χ0) is 12.8. The Hall–Kier alpha value is -2.69. The van der Waals surface area contributed by atoms with E-state index in [1.807, 2.05) is 0 Å². The molecule has 0 saturated heterocycles. The summed E-state index contributed by atoms with van der Waals surface area (Å²) in [5.41, 5.74) is 5.62. The molecule has 0 saturated carbocycles. The molecule has 18 heavy (non-hydrogen) atoms. The zero-order valence-corrected chi connectivity index (χ0v) is 9.46. The number of nitrogens with zero attached hydrogens (tertiary/aromatic N) is 1. The van der Waals surface area contributed by atoms with Crippen LogP contribution in [0.4, 0.5) is 5.69 Å². The van der Waals surface area contributed by atoms with Gasteiger partial charge in [-0.05, 0) is 24.3 Å². The topological polar surface area (TPSA) is 71.1 Å². The third-order valence-electron chi connectivity index (χ3n) is 2.25. The van der Waals surface area contributed by atoms with Crippen molar-refractivity contribution in [3.8, 4) is 0 Å². The van der Waals surface area contributed by atoms with Gasteiger partial charge in [-0.1, -0.05) is 18.2 Å². The minimum absolute atomic E-state index is 0.199. The fraction of sp³-hybridized carbons (Fsp3) is 0. The van der Waals surface area contributed by atoms with Crippen LogP contribution in [0.1, 0.15) is 10.4 Å². The van der Waals surface area contributed by atoms with E-state index in [-0.39, 0.29) is 11.3 Å². The first-order chi connectivity index (χ1) is 8.77. The van der Waals surface area contributed by atoms with Crippen molar-refractivity contribution in [1.82, 2.24) is 10.4 Å². The van der Waals surface area contributed by atoms with Crippen molar-refractivity contribution >= 4 is 11.6 Å². The van der Waals surface area contributed by atoms with Crippen molar-refractivity contribution in [2.75, 3.05) is 5.43 Å². The van der Waals surface area contributed by atoms with Gasteiger partial charge >= 0.3 is 0 Å². The summed E-state index contributed by atoms with van der Waals surface area (Å²) in [6, 6.07) is 11.3. The molecule has 90 valence electrons. The predicted octanol–water partition coefficient (Wildman–Crippen LogP) is 1.20. The van der Waals surface area contributed by atoms with Gasteiger partial charge in [-0.3, -0.25) is 25.4 Å². The van der Waals surface area contributed by atoms with E-state index in [0.717, 1.165) is 0 Å². The highest BCUT2D eigenvalue weighted by molar-refractivity contribution is 5.94. The van der Waals surface area contributed by atoms with Crippen LogP contribution in [0.3, 0.4) is 0 Å². The summed E-state index contributed by atoms with van der Waals surface area (Å²) in [6.45, 7) is 0. The van der Waals surface area contributed by atoms with Gasteiger partial charge in [0.05, 0.1) is 0 Å². The minimum atomic E-state index is -0.330. The van der Waals surface area contributed by atoms with E-state index < -0.39 is 0 Å². The third kappa shape index (κ3) is 2.91. The second-order valence-corrected chi connectivity index (χ2v) is 3.50. The molecule has 1 amide bonds. The number of carbonyl (C=O) groups is 1. The van der Waals surface area contributed by atoms with Crippen LogP contribution in [-0.2, 0) is 0 Å². The second kappa shape index (κ2) is 5.58. The number of nitrogens with one attached hydrogen (secondary N) is 2. The number of carbonyl (C=O) groups excluding carboxylic acids is 1. The smallest absolute Gasteiger partial charge is 0.269 e. The predicted molar refractivity (Wildman–Crippen MR) is 68.0 cm³/mol. The summed E-state index contributed by atoms with van der Waals surface area (Å²) in [6.07, 6.45) is 3.05. The highest BCUT2D eigenvalue weighted by Crippen LogP contribution is 1.98. The Morgan fingerprint density at radius 2 is 1.72 bits per heavy atom. The van der Waals surface area contributed by atoms with Gasteiger partial charge in [-0.15, -0.1) is 0 Å². The maximum Gasteiger partial charge on any atom is 0.269 e. The molecule has 2 N–H and O–H groups in total. The third-order valence-corrected chi connectivity index (χ3v) is 2.25. The monoisotopic (exact) mass is 241 g/mol. The molecule has 0 aliphatic carbocycles. The van der Waals surface area contributed by atoms with E-state index in [9.17, 15) is 9.59 Å². The van der Waals surface area contributed by atoms with E-state index in [0.29, 0.717) is 11.3 Å². The largest absolute Gasteiger partial charge is 0.294 e. The first kappa shape index (κ1) is 11.8. The first-order valence-corrected chi connectivity index (χ1v) is 5.33. The van der Waals surface area contributed by atoms with Gasteiger partial charge in [-0.2, -0.15) is 0 Å². The van der Waals surface area contributed by atoms with Crippen LogP contribution in [0.25, 0.3) is 0 Å². The van der Waals surface area contributed by atoms with Crippen molar-refractivity contribution in [3.63, 3.8) is 0 Å². The lowest BCUT2D eigenvalue weighted by Crippen LogP contribution is -2.31. The fourth-order valence-electron chi connectivity index (χ4n) is 1.33. The van der Waals surface area contributed by atoms with E-state index in [4.69, 9.17) is 0 Å². The quantitative estimate of drug-likeness (QED) is 0.792. The standard InChI is InChI=1S/C13H11N3O2/c17-12-5-3-1-2-4-11(12)15-16-13(18)10-6-8-14-9-7-10/h1-9H,(H,15,17)(H,16,18). The Morgan fingerprint density at radius 3 is 2.50 bits per heavy atom. The Kier molecular flexibility index (Phi) is 3.66. The molecule has 1 aromatic heterocycles. The fourth-order valence-corrected chi connectivity index (χ4v) is 1.33. The Morgan fingerprint density at radius 1 is 1.00 bits per heavy atom. The molecule has 0 bridgehead atoms. The molecule has 0 radical (unpaired) electrons. The highest BCUT2D eigenvalue weighted by Gasteiger charge is 2.04. The number of anilines is 1. The van der Waals surface area contributed by atoms with Crippen molar-refractivity contribution in [2.45, 2.75) is 0 Å². The van der Waals surface area contributed by atoms with Gasteiger partial charge < -0.3 is 0 Å². The van der Waals surface area contributed by atoms with Gasteiger partial charge in [0.15, 0.2) is 0 Å². The molecule has 0 unspecified atom stereocenters. The van der Waals surface area contributed by atoms with Crippen LogP contribution >= 0.6 is 0 Å². The molecule has 0 fully saturated rings. The molecule has 0 aliphatic heterocycles. The van der Waals surface area contributed by atoms with Crippen LogP contribution in [0.2, 0.25) is 0 Å². The number of pyridine rings is 1. The van der Waals surface area contributed by atoms with E-state index in [2.05, 4.69) is 15.8 Å². The maximum atomic E-state index is 11.7. The Bertz CT molecular complexity index is 599. The lowest BCUT2D eigenvalue weighted by molar-refractivity contribution is 0.0962. The number of amides is 1. The summed E-state index contributed by atoms with van der Waals surface area (Å²) in [5, 5.41) is 0. The van der Waals surface area contributed by atoms with Gasteiger partial charge in [0.2, 0.25) is 5.43 Å². The van der Waals surface area contributed by atoms with Crippen LogP contribution < -0.4 is 16.3 Å². The average molecular weight is 241 g/mol. The molecule has 2 rings (SSSR count). The summed E-state index contributed by atoms with van der Waals surface area (Å²) in [7, 11) is 0. The van der Waals surface area contributed by atoms with Crippen LogP contribution in [0, 0.1) is 0 Å². The molecule has 1 aromatic carbocycles. The molecule has 0 atom stereocenters. The molecule has 0 spiro atoms. The average Bonchev–Trinajstić information content (AvgIpc) is 2.62. The second-order valence-electron chi connectivity index (χ2n) is 3.50. The van der Waals surface area contributed by atoms with Crippen molar-refractivity contribution in [1.29, 1.82) is 0 Å². The highest BCUT2D eigenvalue weighted by atomic mass is 16.2. The van der Waals surface area contributed by atoms with Crippen molar-refractivity contribution in [2.24, 2.45) is 0 Å². The number of hydrazine groups is 1. The Labute approximate surface area is 103 Å². The summed E-state index contributed by atoms with van der Waals surface area (Å²) < 4.78 is 0. The lowest BCUT2D eigenvalue weighted by Gasteiger charge is -2.06. The number of hydrogen-bond acceptors (Lipinski definition) is 4. The molecular formula is C13H11N3O2. The molecule has 5 nitrogen and oxygen atoms in total. The Balaban J connectivity index is 2.07. The van der Waals surface area contributed by atoms with Gasteiger partial charge in [-0.25, -0.2) is 0 Å². The van der Waals surface area contributed by atoms with Crippen LogP contribution in [-0.4, -0.2) is 10.9 Å². The molecule has 2 aromatic rings. The SMILES string of the molecule is O=C(NNc1cccccc1=O)c1ccncc1. The lowest BCUT2D eigenvalue weighted by atomic mass is 10.3. The zero-order valence-electron chi connectivity index (χ0n) is 9.46. The van der Waals surface area contributed by atoms with E-state index >= 15 is 0 Å². The number of aromatic nitrogens is 1. The first-order valence-electron chi connectivity index (χ1n) is 5.33. The van der Waals surface area contributed by atoms with Crippen molar-refractivity contribution in [3.05, 3.63) is 70.6 Å². The number of rotatable bonds is 3. The summed E-state index contributed by atoms with van der Waals surface area (Å²) in [5.74, 6) is -0.330. The van der Waals surface area contributed by atoms with Crippen molar-refractivity contribution < 1.29 is 4.79 Å². The molecular weight excluding hydrogens is 230 g/mol. The van der Waals surface area contributed by atoms with E-state index in [1.165, 1.54) is 18.5 Å². The maximum absolute atomic E-state index is 11.7. The van der Waals surface area contributed by atoms with Gasteiger partial charge in [0, 0.05) is 18.0 Å². The minimum Gasteiger partial charge on any atom is -0.294 e. The molecule has 5 heteroatoms. The summed E-state index contributed by atoms with van der Waals surface area (Å²) >= 11 is 0. The van der Waals surface area contributed by atoms with Crippen LogP contribution in [0.5, 0.6) is 0 Å². The van der Waals surface area contributed by atoms with Crippen LogP contribution in [0.15, 0.2) is 59.7 Å². The van der Waals surface area contributed by atoms with Gasteiger partial charge in [0.25, 0.3) is 5.91 Å².